The highest BCUT2D eigenvalue weighted by Gasteiger charge is 2.31. The number of hydrogen-bond donors (Lipinski definition) is 0. The van der Waals surface area contributed by atoms with Crippen LogP contribution in [0.4, 0.5) is 0 Å². The zero-order valence-corrected chi connectivity index (χ0v) is 18.6. The molecule has 170 valence electrons. The van der Waals surface area contributed by atoms with Gasteiger partial charge < -0.3 is 18.6 Å². The van der Waals surface area contributed by atoms with E-state index >= 15 is 0 Å². The Hall–Kier alpha value is -3.62. The second kappa shape index (κ2) is 9.67. The maximum Gasteiger partial charge on any atom is 0.423 e. The van der Waals surface area contributed by atoms with Crippen LogP contribution in [0.2, 0.25) is 0 Å². The van der Waals surface area contributed by atoms with Crippen molar-refractivity contribution >= 4 is 17.1 Å². The first-order valence-corrected chi connectivity index (χ1v) is 10.2. The van der Waals surface area contributed by atoms with Crippen LogP contribution in [0.3, 0.4) is 0 Å². The van der Waals surface area contributed by atoms with Gasteiger partial charge in [0.25, 0.3) is 5.56 Å². The molecule has 0 aliphatic heterocycles. The zero-order chi connectivity index (χ0) is 23.4. The van der Waals surface area contributed by atoms with Crippen molar-refractivity contribution in [1.29, 1.82) is 0 Å². The normalized spacial score (nSPS) is 14.1. The van der Waals surface area contributed by atoms with E-state index < -0.39 is 35.5 Å². The van der Waals surface area contributed by atoms with Crippen LogP contribution in [0.15, 0.2) is 56.6 Å². The Morgan fingerprint density at radius 1 is 1.06 bits per heavy atom. The lowest BCUT2D eigenvalue weighted by Gasteiger charge is -2.29. The molecule has 9 heteroatoms. The minimum absolute atomic E-state index is 0.0771. The molecular weight excluding hydrogens is 416 g/mol. The van der Waals surface area contributed by atoms with E-state index in [1.54, 1.807) is 19.1 Å². The van der Waals surface area contributed by atoms with Crippen molar-refractivity contribution in [2.24, 2.45) is 5.92 Å². The van der Waals surface area contributed by atoms with Gasteiger partial charge in [0.2, 0.25) is 5.58 Å². The number of benzene rings is 1. The molecule has 0 aliphatic carbocycles. The van der Waals surface area contributed by atoms with Crippen molar-refractivity contribution in [2.75, 3.05) is 7.11 Å². The highest BCUT2D eigenvalue weighted by atomic mass is 16.6. The Labute approximate surface area is 184 Å². The van der Waals surface area contributed by atoms with Crippen LogP contribution in [-0.2, 0) is 9.53 Å². The van der Waals surface area contributed by atoms with Gasteiger partial charge in [0, 0.05) is 12.3 Å². The van der Waals surface area contributed by atoms with E-state index in [-0.39, 0.29) is 22.8 Å². The third kappa shape index (κ3) is 4.66. The van der Waals surface area contributed by atoms with E-state index in [1.165, 1.54) is 26.3 Å². The van der Waals surface area contributed by atoms with Crippen LogP contribution in [-0.4, -0.2) is 34.8 Å². The first-order chi connectivity index (χ1) is 15.2. The standard InChI is InChI=1S/C23H26N2O7/c1-13(2)19(15(4)30-16-9-7-6-8-10-16)31-22(27)14(3)25-21(26)18-20(32-23(25)28)17(29-5)11-12-24-18/h6-15,19H,1-5H3/t14-,15+,19?/m0/s1. The highest BCUT2D eigenvalue weighted by molar-refractivity contribution is 5.78. The number of fused-ring (bicyclic) bond motifs is 1. The molecule has 2 aromatic heterocycles. The summed E-state index contributed by atoms with van der Waals surface area (Å²) >= 11 is 0. The highest BCUT2D eigenvalue weighted by Crippen LogP contribution is 2.22. The Bertz CT molecular complexity index is 1200. The molecule has 9 nitrogen and oxygen atoms in total. The number of rotatable bonds is 8. The number of carbonyl (C=O) groups excluding carboxylic acids is 1. The number of hydrogen-bond acceptors (Lipinski definition) is 8. The summed E-state index contributed by atoms with van der Waals surface area (Å²) in [4.78, 5) is 42.3. The second-order valence-corrected chi connectivity index (χ2v) is 7.69. The number of aromatic nitrogens is 2. The summed E-state index contributed by atoms with van der Waals surface area (Å²) in [6.07, 6.45) is 0.267. The van der Waals surface area contributed by atoms with E-state index in [4.69, 9.17) is 18.6 Å². The maximum absolute atomic E-state index is 12.9. The monoisotopic (exact) mass is 442 g/mol. The molecule has 2 heterocycles. The van der Waals surface area contributed by atoms with Crippen molar-refractivity contribution in [3.05, 3.63) is 63.5 Å². The predicted octanol–water partition coefficient (Wildman–Crippen LogP) is 2.95. The van der Waals surface area contributed by atoms with E-state index in [2.05, 4.69) is 4.98 Å². The molecule has 0 radical (unpaired) electrons. The van der Waals surface area contributed by atoms with Crippen LogP contribution in [0.1, 0.15) is 33.7 Å². The van der Waals surface area contributed by atoms with Crippen LogP contribution < -0.4 is 20.8 Å². The van der Waals surface area contributed by atoms with Crippen molar-refractivity contribution in [1.82, 2.24) is 9.55 Å². The van der Waals surface area contributed by atoms with E-state index in [0.717, 1.165) is 0 Å². The van der Waals surface area contributed by atoms with E-state index in [0.29, 0.717) is 10.3 Å². The average molecular weight is 442 g/mol. The maximum atomic E-state index is 12.9. The second-order valence-electron chi connectivity index (χ2n) is 7.69. The molecule has 1 unspecified atom stereocenters. The lowest BCUT2D eigenvalue weighted by atomic mass is 10.0. The van der Waals surface area contributed by atoms with Gasteiger partial charge in [-0.1, -0.05) is 32.0 Å². The van der Waals surface area contributed by atoms with Crippen molar-refractivity contribution in [2.45, 2.75) is 45.9 Å². The Morgan fingerprint density at radius 2 is 1.75 bits per heavy atom. The summed E-state index contributed by atoms with van der Waals surface area (Å²) in [5, 5.41) is 0. The number of para-hydroxylation sites is 1. The third-order valence-electron chi connectivity index (χ3n) is 5.06. The van der Waals surface area contributed by atoms with Gasteiger partial charge in [-0.3, -0.25) is 4.79 Å². The third-order valence-corrected chi connectivity index (χ3v) is 5.06. The average Bonchev–Trinajstić information content (AvgIpc) is 2.77. The van der Waals surface area contributed by atoms with Gasteiger partial charge in [-0.15, -0.1) is 0 Å². The van der Waals surface area contributed by atoms with Gasteiger partial charge in [0.1, 0.15) is 24.0 Å². The molecule has 0 amide bonds. The SMILES string of the molecule is COc1ccnc2c(=O)n([C@@H](C)C(=O)OC(C(C)C)[C@@H](C)Oc3ccccc3)c(=O)oc12. The fraction of sp³-hybridized carbons (Fsp3) is 0.391. The van der Waals surface area contributed by atoms with E-state index in [9.17, 15) is 14.4 Å². The molecule has 32 heavy (non-hydrogen) atoms. The molecule has 0 N–H and O–H groups in total. The number of methoxy groups -OCH3 is 1. The fourth-order valence-corrected chi connectivity index (χ4v) is 3.40. The fourth-order valence-electron chi connectivity index (χ4n) is 3.40. The van der Waals surface area contributed by atoms with E-state index in [1.807, 2.05) is 32.0 Å². The van der Waals surface area contributed by atoms with Crippen LogP contribution in [0.25, 0.3) is 11.1 Å². The quantitative estimate of drug-likeness (QED) is 0.490. The summed E-state index contributed by atoms with van der Waals surface area (Å²) in [6, 6.07) is 9.40. The van der Waals surface area contributed by atoms with Gasteiger partial charge in [0.15, 0.2) is 11.3 Å². The lowest BCUT2D eigenvalue weighted by molar-refractivity contribution is -0.160. The first kappa shape index (κ1) is 23.1. The minimum atomic E-state index is -1.23. The van der Waals surface area contributed by atoms with Crippen LogP contribution >= 0.6 is 0 Å². The van der Waals surface area contributed by atoms with Gasteiger partial charge in [-0.05, 0) is 31.9 Å². The Morgan fingerprint density at radius 3 is 2.38 bits per heavy atom. The number of nitrogens with zero attached hydrogens (tertiary/aromatic N) is 2. The van der Waals surface area contributed by atoms with Gasteiger partial charge >= 0.3 is 11.7 Å². The van der Waals surface area contributed by atoms with Crippen molar-refractivity contribution in [3.8, 4) is 11.5 Å². The molecule has 0 saturated carbocycles. The van der Waals surface area contributed by atoms with Gasteiger partial charge in [-0.2, -0.15) is 0 Å². The summed E-state index contributed by atoms with van der Waals surface area (Å²) in [6.45, 7) is 6.97. The predicted molar refractivity (Wildman–Crippen MR) is 117 cm³/mol. The summed E-state index contributed by atoms with van der Waals surface area (Å²) in [5.41, 5.74) is -0.967. The zero-order valence-electron chi connectivity index (χ0n) is 18.6. The molecule has 3 atom stereocenters. The summed E-state index contributed by atoms with van der Waals surface area (Å²) < 4.78 is 22.6. The number of esters is 1. The van der Waals surface area contributed by atoms with Crippen LogP contribution in [0.5, 0.6) is 11.5 Å². The minimum Gasteiger partial charge on any atom is -0.493 e. The lowest BCUT2D eigenvalue weighted by Crippen LogP contribution is -2.43. The number of carbonyl (C=O) groups is 1. The summed E-state index contributed by atoms with van der Waals surface area (Å²) in [7, 11) is 1.38. The number of pyridine rings is 1. The molecule has 0 aliphatic rings. The van der Waals surface area contributed by atoms with Crippen molar-refractivity contribution < 1.29 is 23.4 Å². The molecule has 3 aromatic rings. The summed E-state index contributed by atoms with van der Waals surface area (Å²) in [5.74, 6) is -1.02. The number of ether oxygens (including phenoxy) is 3. The smallest absolute Gasteiger partial charge is 0.423 e. The first-order valence-electron chi connectivity index (χ1n) is 10.2. The molecular formula is C23H26N2O7. The molecule has 1 aromatic carbocycles. The molecule has 3 rings (SSSR count). The van der Waals surface area contributed by atoms with Gasteiger partial charge in [0.05, 0.1) is 7.11 Å². The molecule has 0 saturated heterocycles. The molecule has 0 fully saturated rings. The van der Waals surface area contributed by atoms with Gasteiger partial charge in [-0.25, -0.2) is 19.1 Å². The topological polar surface area (TPSA) is 110 Å². The Balaban J connectivity index is 1.87. The largest absolute Gasteiger partial charge is 0.493 e. The molecule has 0 spiro atoms. The molecule has 0 bridgehead atoms. The Kier molecular flexibility index (Phi) is 6.97. The van der Waals surface area contributed by atoms with Crippen LogP contribution in [0, 0.1) is 5.92 Å². The van der Waals surface area contributed by atoms with Crippen molar-refractivity contribution in [3.63, 3.8) is 0 Å².